The third-order valence-electron chi connectivity index (χ3n) is 2.94. The smallest absolute Gasteiger partial charge is 0.496 e. The van der Waals surface area contributed by atoms with Gasteiger partial charge in [0.2, 0.25) is 0 Å². The zero-order valence-corrected chi connectivity index (χ0v) is 11.9. The van der Waals surface area contributed by atoms with Gasteiger partial charge in [-0.3, -0.25) is 0 Å². The van der Waals surface area contributed by atoms with Crippen LogP contribution >= 0.6 is 0 Å². The molecule has 1 heterocycles. The summed E-state index contributed by atoms with van der Waals surface area (Å²) in [5.41, 5.74) is 13.0. The summed E-state index contributed by atoms with van der Waals surface area (Å²) < 4.78 is 46.0. The fourth-order valence-corrected chi connectivity index (χ4v) is 2.03. The maximum atomic E-state index is 12.3. The van der Waals surface area contributed by atoms with Crippen LogP contribution in [0.1, 0.15) is 5.56 Å². The second-order valence-electron chi connectivity index (χ2n) is 4.54. The number of rotatable bonds is 3. The van der Waals surface area contributed by atoms with Crippen molar-refractivity contribution in [3.8, 4) is 22.8 Å². The largest absolute Gasteiger partial charge is 0.573 e. The molecule has 1 aromatic carbocycles. The number of methoxy groups -OCH3 is 1. The quantitative estimate of drug-likeness (QED) is 0.909. The van der Waals surface area contributed by atoms with Crippen molar-refractivity contribution in [2.24, 2.45) is 0 Å². The average molecular weight is 313 g/mol. The predicted octanol–water partition coefficient (Wildman–Crippen LogP) is 3.13. The molecule has 4 N–H and O–H groups in total. The zero-order valence-electron chi connectivity index (χ0n) is 11.9. The van der Waals surface area contributed by atoms with Crippen molar-refractivity contribution in [1.82, 2.24) is 4.98 Å². The molecule has 0 radical (unpaired) electrons. The average Bonchev–Trinajstić information content (AvgIpc) is 2.39. The van der Waals surface area contributed by atoms with E-state index < -0.39 is 6.36 Å². The Morgan fingerprint density at radius 2 is 1.82 bits per heavy atom. The van der Waals surface area contributed by atoms with Gasteiger partial charge < -0.3 is 20.9 Å². The first-order chi connectivity index (χ1) is 10.2. The molecule has 8 heteroatoms. The summed E-state index contributed by atoms with van der Waals surface area (Å²) in [6.07, 6.45) is -4.77. The molecule has 0 unspecified atom stereocenters. The Morgan fingerprint density at radius 1 is 1.14 bits per heavy atom. The number of nitrogen functional groups attached to an aromatic ring is 2. The van der Waals surface area contributed by atoms with Crippen LogP contribution in [-0.2, 0) is 0 Å². The Kier molecular flexibility index (Phi) is 4.03. The van der Waals surface area contributed by atoms with Crippen molar-refractivity contribution >= 4 is 11.5 Å². The number of alkyl halides is 3. The van der Waals surface area contributed by atoms with Crippen LogP contribution in [0.3, 0.4) is 0 Å². The fraction of sp³-hybridized carbons (Fsp3) is 0.214. The molecule has 0 bridgehead atoms. The van der Waals surface area contributed by atoms with E-state index in [0.29, 0.717) is 22.5 Å². The molecule has 0 aliphatic rings. The fourth-order valence-electron chi connectivity index (χ4n) is 2.03. The Balaban J connectivity index is 2.54. The van der Waals surface area contributed by atoms with Crippen LogP contribution in [0.15, 0.2) is 24.3 Å². The van der Waals surface area contributed by atoms with E-state index in [-0.39, 0.29) is 17.3 Å². The summed E-state index contributed by atoms with van der Waals surface area (Å²) in [5.74, 6) is -0.0421. The molecule has 0 saturated carbocycles. The van der Waals surface area contributed by atoms with Crippen molar-refractivity contribution in [1.29, 1.82) is 0 Å². The lowest BCUT2D eigenvalue weighted by Gasteiger charge is -2.16. The van der Waals surface area contributed by atoms with Crippen molar-refractivity contribution in [3.63, 3.8) is 0 Å². The van der Waals surface area contributed by atoms with E-state index in [9.17, 15) is 13.2 Å². The number of anilines is 2. The summed E-state index contributed by atoms with van der Waals surface area (Å²) in [6.45, 7) is 1.62. The second kappa shape index (κ2) is 5.63. The maximum Gasteiger partial charge on any atom is 0.573 e. The van der Waals surface area contributed by atoms with Gasteiger partial charge in [-0.15, -0.1) is 13.2 Å². The summed E-state index contributed by atoms with van der Waals surface area (Å²) in [6, 6.07) is 5.57. The highest BCUT2D eigenvalue weighted by Crippen LogP contribution is 2.38. The van der Waals surface area contributed by atoms with Crippen LogP contribution < -0.4 is 20.9 Å². The molecule has 22 heavy (non-hydrogen) atoms. The molecule has 118 valence electrons. The molecule has 2 rings (SSSR count). The standard InChI is InChI=1S/C14H14F3N3O2/c1-7-5-8(22-14(15,16)17)6-11(21-2)12(7)10-4-3-9(18)13(19)20-10/h3-6H,18H2,1-2H3,(H2,19,20). The number of aromatic nitrogens is 1. The predicted molar refractivity (Wildman–Crippen MR) is 76.5 cm³/mol. The van der Waals surface area contributed by atoms with Gasteiger partial charge in [-0.05, 0) is 30.7 Å². The highest BCUT2D eigenvalue weighted by Gasteiger charge is 2.31. The lowest BCUT2D eigenvalue weighted by molar-refractivity contribution is -0.274. The molecule has 0 atom stereocenters. The zero-order chi connectivity index (χ0) is 16.5. The Labute approximate surface area is 124 Å². The lowest BCUT2D eigenvalue weighted by Crippen LogP contribution is -2.17. The van der Waals surface area contributed by atoms with Crippen LogP contribution in [0.2, 0.25) is 0 Å². The number of benzene rings is 1. The van der Waals surface area contributed by atoms with Crippen molar-refractivity contribution < 1.29 is 22.6 Å². The van der Waals surface area contributed by atoms with E-state index in [4.69, 9.17) is 16.2 Å². The van der Waals surface area contributed by atoms with Gasteiger partial charge in [0.25, 0.3) is 0 Å². The van der Waals surface area contributed by atoms with Gasteiger partial charge in [0.15, 0.2) is 0 Å². The van der Waals surface area contributed by atoms with Crippen LogP contribution in [0, 0.1) is 6.92 Å². The van der Waals surface area contributed by atoms with Crippen molar-refractivity contribution in [2.75, 3.05) is 18.6 Å². The molecule has 5 nitrogen and oxygen atoms in total. The van der Waals surface area contributed by atoms with Gasteiger partial charge in [0.1, 0.15) is 17.3 Å². The first-order valence-electron chi connectivity index (χ1n) is 6.18. The minimum absolute atomic E-state index is 0.134. The highest BCUT2D eigenvalue weighted by atomic mass is 19.4. The number of ether oxygens (including phenoxy) is 2. The summed E-state index contributed by atoms with van der Waals surface area (Å²) >= 11 is 0. The van der Waals surface area contributed by atoms with Crippen LogP contribution in [-0.4, -0.2) is 18.5 Å². The molecule has 0 aliphatic carbocycles. The van der Waals surface area contributed by atoms with Crippen LogP contribution in [0.4, 0.5) is 24.7 Å². The van der Waals surface area contributed by atoms with Crippen molar-refractivity contribution in [2.45, 2.75) is 13.3 Å². The van der Waals surface area contributed by atoms with Crippen LogP contribution in [0.5, 0.6) is 11.5 Å². The number of nitrogens with two attached hydrogens (primary N) is 2. The number of hydrogen-bond donors (Lipinski definition) is 2. The Hall–Kier alpha value is -2.64. The second-order valence-corrected chi connectivity index (χ2v) is 4.54. The van der Waals surface area contributed by atoms with Gasteiger partial charge >= 0.3 is 6.36 Å². The number of hydrogen-bond acceptors (Lipinski definition) is 5. The molecular weight excluding hydrogens is 299 g/mol. The Morgan fingerprint density at radius 3 is 2.36 bits per heavy atom. The lowest BCUT2D eigenvalue weighted by atomic mass is 10.0. The first-order valence-corrected chi connectivity index (χ1v) is 6.18. The van der Waals surface area contributed by atoms with Gasteiger partial charge in [0, 0.05) is 11.6 Å². The summed E-state index contributed by atoms with van der Waals surface area (Å²) in [5, 5.41) is 0. The van der Waals surface area contributed by atoms with E-state index in [2.05, 4.69) is 9.72 Å². The Bertz CT molecular complexity index is 702. The summed E-state index contributed by atoms with van der Waals surface area (Å²) in [7, 11) is 1.34. The first kappa shape index (κ1) is 15.7. The topological polar surface area (TPSA) is 83.4 Å². The minimum Gasteiger partial charge on any atom is -0.496 e. The highest BCUT2D eigenvalue weighted by molar-refractivity contribution is 5.75. The molecule has 0 aliphatic heterocycles. The molecule has 0 saturated heterocycles. The van der Waals surface area contributed by atoms with Gasteiger partial charge in [-0.1, -0.05) is 0 Å². The molecular formula is C14H14F3N3O2. The molecule has 0 spiro atoms. The number of aryl methyl sites for hydroxylation is 1. The monoisotopic (exact) mass is 313 g/mol. The molecule has 0 fully saturated rings. The van der Waals surface area contributed by atoms with Crippen molar-refractivity contribution in [3.05, 3.63) is 29.8 Å². The third-order valence-corrected chi connectivity index (χ3v) is 2.94. The van der Waals surface area contributed by atoms with E-state index in [1.165, 1.54) is 13.2 Å². The number of nitrogens with zero attached hydrogens (tertiary/aromatic N) is 1. The van der Waals surface area contributed by atoms with Gasteiger partial charge in [-0.25, -0.2) is 4.98 Å². The normalized spacial score (nSPS) is 11.3. The van der Waals surface area contributed by atoms with Crippen LogP contribution in [0.25, 0.3) is 11.3 Å². The van der Waals surface area contributed by atoms with E-state index in [1.807, 2.05) is 0 Å². The number of pyridine rings is 1. The molecule has 2 aromatic rings. The van der Waals surface area contributed by atoms with Gasteiger partial charge in [0.05, 0.1) is 18.5 Å². The van der Waals surface area contributed by atoms with E-state index >= 15 is 0 Å². The van der Waals surface area contributed by atoms with Gasteiger partial charge in [-0.2, -0.15) is 0 Å². The third kappa shape index (κ3) is 3.33. The van der Waals surface area contributed by atoms with E-state index in [0.717, 1.165) is 6.07 Å². The molecule has 1 aromatic heterocycles. The minimum atomic E-state index is -4.77. The molecule has 0 amide bonds. The SMILES string of the molecule is COc1cc(OC(F)(F)F)cc(C)c1-c1ccc(N)c(N)n1. The van der Waals surface area contributed by atoms with E-state index in [1.54, 1.807) is 19.1 Å². The summed E-state index contributed by atoms with van der Waals surface area (Å²) in [4.78, 5) is 4.13. The number of halogens is 3. The maximum absolute atomic E-state index is 12.3.